The SMILES string of the molecule is CC(C)n1ncnc1CNc1cc(F)cc(Cl)c1. The number of halogens is 2. The molecule has 0 fully saturated rings. The second-order valence-electron chi connectivity index (χ2n) is 4.23. The normalized spacial score (nSPS) is 10.9. The predicted molar refractivity (Wildman–Crippen MR) is 69.1 cm³/mol. The van der Waals surface area contributed by atoms with Crippen molar-refractivity contribution in [1.29, 1.82) is 0 Å². The molecule has 0 aliphatic carbocycles. The number of benzene rings is 1. The van der Waals surface area contributed by atoms with Gasteiger partial charge >= 0.3 is 0 Å². The molecule has 2 rings (SSSR count). The number of anilines is 1. The van der Waals surface area contributed by atoms with E-state index < -0.39 is 0 Å². The average molecular weight is 269 g/mol. The van der Waals surface area contributed by atoms with Crippen molar-refractivity contribution < 1.29 is 4.39 Å². The van der Waals surface area contributed by atoms with E-state index in [2.05, 4.69) is 15.4 Å². The lowest BCUT2D eigenvalue weighted by atomic mass is 10.3. The Morgan fingerprint density at radius 3 is 2.83 bits per heavy atom. The van der Waals surface area contributed by atoms with Crippen LogP contribution in [-0.2, 0) is 6.54 Å². The van der Waals surface area contributed by atoms with Gasteiger partial charge in [-0.25, -0.2) is 14.1 Å². The summed E-state index contributed by atoms with van der Waals surface area (Å²) in [6.07, 6.45) is 1.51. The lowest BCUT2D eigenvalue weighted by Gasteiger charge is -2.11. The van der Waals surface area contributed by atoms with Crippen LogP contribution >= 0.6 is 11.6 Å². The Labute approximate surface area is 110 Å². The fourth-order valence-electron chi connectivity index (χ4n) is 1.67. The molecule has 18 heavy (non-hydrogen) atoms. The molecule has 6 heteroatoms. The first-order chi connectivity index (χ1) is 8.56. The molecule has 1 aromatic carbocycles. The van der Waals surface area contributed by atoms with E-state index in [1.54, 1.807) is 6.07 Å². The van der Waals surface area contributed by atoms with Crippen LogP contribution < -0.4 is 5.32 Å². The van der Waals surface area contributed by atoms with Crippen LogP contribution in [0.3, 0.4) is 0 Å². The van der Waals surface area contributed by atoms with Gasteiger partial charge in [0.05, 0.1) is 6.54 Å². The molecule has 0 atom stereocenters. The van der Waals surface area contributed by atoms with E-state index in [4.69, 9.17) is 11.6 Å². The zero-order chi connectivity index (χ0) is 13.1. The fourth-order valence-corrected chi connectivity index (χ4v) is 1.89. The van der Waals surface area contributed by atoms with Gasteiger partial charge in [-0.2, -0.15) is 5.10 Å². The quantitative estimate of drug-likeness (QED) is 0.925. The Bertz CT molecular complexity index is 518. The minimum absolute atomic E-state index is 0.236. The minimum Gasteiger partial charge on any atom is -0.378 e. The van der Waals surface area contributed by atoms with E-state index >= 15 is 0 Å². The third-order valence-electron chi connectivity index (χ3n) is 2.45. The third kappa shape index (κ3) is 2.98. The van der Waals surface area contributed by atoms with E-state index in [0.29, 0.717) is 17.3 Å². The summed E-state index contributed by atoms with van der Waals surface area (Å²) in [5.74, 6) is 0.431. The first-order valence-electron chi connectivity index (χ1n) is 5.64. The lowest BCUT2D eigenvalue weighted by molar-refractivity contribution is 0.509. The van der Waals surface area contributed by atoms with Crippen LogP contribution in [0, 0.1) is 5.82 Å². The zero-order valence-electron chi connectivity index (χ0n) is 10.2. The number of aromatic nitrogens is 3. The molecule has 1 heterocycles. The monoisotopic (exact) mass is 268 g/mol. The van der Waals surface area contributed by atoms with Crippen molar-refractivity contribution in [3.05, 3.63) is 41.2 Å². The maximum absolute atomic E-state index is 13.1. The molecule has 0 saturated carbocycles. The van der Waals surface area contributed by atoms with Crippen LogP contribution in [0.5, 0.6) is 0 Å². The molecule has 1 aromatic heterocycles. The second-order valence-corrected chi connectivity index (χ2v) is 4.66. The Kier molecular flexibility index (Phi) is 3.81. The Morgan fingerprint density at radius 2 is 2.17 bits per heavy atom. The highest BCUT2D eigenvalue weighted by Gasteiger charge is 2.07. The van der Waals surface area contributed by atoms with Crippen molar-refractivity contribution in [2.75, 3.05) is 5.32 Å². The number of nitrogens with one attached hydrogen (secondary N) is 1. The molecule has 0 amide bonds. The van der Waals surface area contributed by atoms with Crippen molar-refractivity contribution in [2.45, 2.75) is 26.4 Å². The van der Waals surface area contributed by atoms with Crippen LogP contribution in [0.25, 0.3) is 0 Å². The molecule has 4 nitrogen and oxygen atoms in total. The first-order valence-corrected chi connectivity index (χ1v) is 6.02. The Morgan fingerprint density at radius 1 is 1.39 bits per heavy atom. The van der Waals surface area contributed by atoms with Gasteiger partial charge in [-0.15, -0.1) is 0 Å². The van der Waals surface area contributed by atoms with Crippen molar-refractivity contribution in [2.24, 2.45) is 0 Å². The molecule has 96 valence electrons. The topological polar surface area (TPSA) is 42.7 Å². The summed E-state index contributed by atoms with van der Waals surface area (Å²) < 4.78 is 15.0. The standard InChI is InChI=1S/C12H14ClFN4/c1-8(2)18-12(16-7-17-18)6-15-11-4-9(13)3-10(14)5-11/h3-5,7-8,15H,6H2,1-2H3. The van der Waals surface area contributed by atoms with Gasteiger partial charge in [0.1, 0.15) is 18.0 Å². The van der Waals surface area contributed by atoms with Crippen LogP contribution in [0.1, 0.15) is 25.7 Å². The van der Waals surface area contributed by atoms with Crippen molar-refractivity contribution in [1.82, 2.24) is 14.8 Å². The van der Waals surface area contributed by atoms with Gasteiger partial charge in [0.15, 0.2) is 0 Å². The maximum Gasteiger partial charge on any atom is 0.146 e. The smallest absolute Gasteiger partial charge is 0.146 e. The van der Waals surface area contributed by atoms with Gasteiger partial charge < -0.3 is 5.32 Å². The van der Waals surface area contributed by atoms with Crippen LogP contribution in [-0.4, -0.2) is 14.8 Å². The van der Waals surface area contributed by atoms with Crippen LogP contribution in [0.2, 0.25) is 5.02 Å². The molecule has 0 radical (unpaired) electrons. The highest BCUT2D eigenvalue weighted by molar-refractivity contribution is 6.30. The van der Waals surface area contributed by atoms with E-state index in [1.165, 1.54) is 18.5 Å². The number of hydrogen-bond donors (Lipinski definition) is 1. The first kappa shape index (κ1) is 12.8. The third-order valence-corrected chi connectivity index (χ3v) is 2.67. The van der Waals surface area contributed by atoms with E-state index in [0.717, 1.165) is 5.82 Å². The number of hydrogen-bond acceptors (Lipinski definition) is 3. The zero-order valence-corrected chi connectivity index (χ0v) is 10.9. The van der Waals surface area contributed by atoms with Gasteiger partial charge in [-0.3, -0.25) is 0 Å². The molecule has 1 N–H and O–H groups in total. The van der Waals surface area contributed by atoms with E-state index in [1.807, 2.05) is 18.5 Å². The summed E-state index contributed by atoms with van der Waals surface area (Å²) in [5, 5.41) is 7.57. The Balaban J connectivity index is 2.09. The van der Waals surface area contributed by atoms with E-state index in [9.17, 15) is 4.39 Å². The predicted octanol–water partition coefficient (Wildman–Crippen LogP) is 3.26. The van der Waals surface area contributed by atoms with Gasteiger partial charge in [0.2, 0.25) is 0 Å². The molecule has 0 unspecified atom stereocenters. The summed E-state index contributed by atoms with van der Waals surface area (Å²) in [6, 6.07) is 4.56. The molecule has 2 aromatic rings. The molecule has 0 bridgehead atoms. The molecular formula is C12H14ClFN4. The highest BCUT2D eigenvalue weighted by atomic mass is 35.5. The van der Waals surface area contributed by atoms with Crippen molar-refractivity contribution in [3.8, 4) is 0 Å². The van der Waals surface area contributed by atoms with Crippen LogP contribution in [0.15, 0.2) is 24.5 Å². The van der Waals surface area contributed by atoms with Crippen molar-refractivity contribution in [3.63, 3.8) is 0 Å². The summed E-state index contributed by atoms with van der Waals surface area (Å²) in [5.41, 5.74) is 0.623. The van der Waals surface area contributed by atoms with Gasteiger partial charge in [0, 0.05) is 16.8 Å². The van der Waals surface area contributed by atoms with Crippen LogP contribution in [0.4, 0.5) is 10.1 Å². The van der Waals surface area contributed by atoms with E-state index in [-0.39, 0.29) is 11.9 Å². The van der Waals surface area contributed by atoms with Gasteiger partial charge in [0.25, 0.3) is 0 Å². The molecule has 0 aliphatic rings. The summed E-state index contributed by atoms with van der Waals surface area (Å²) in [6.45, 7) is 4.52. The summed E-state index contributed by atoms with van der Waals surface area (Å²) in [4.78, 5) is 4.16. The molecule has 0 spiro atoms. The summed E-state index contributed by atoms with van der Waals surface area (Å²) >= 11 is 5.78. The number of rotatable bonds is 4. The fraction of sp³-hybridized carbons (Fsp3) is 0.333. The highest BCUT2D eigenvalue weighted by Crippen LogP contribution is 2.18. The minimum atomic E-state index is -0.365. The van der Waals surface area contributed by atoms with Crippen molar-refractivity contribution >= 4 is 17.3 Å². The Hall–Kier alpha value is -1.62. The van der Waals surface area contributed by atoms with Gasteiger partial charge in [-0.05, 0) is 32.0 Å². The average Bonchev–Trinajstić information content (AvgIpc) is 2.73. The largest absolute Gasteiger partial charge is 0.378 e. The number of nitrogens with zero attached hydrogens (tertiary/aromatic N) is 3. The molecular weight excluding hydrogens is 255 g/mol. The maximum atomic E-state index is 13.1. The molecule has 0 aliphatic heterocycles. The second kappa shape index (κ2) is 5.35. The molecule has 0 saturated heterocycles. The summed E-state index contributed by atoms with van der Waals surface area (Å²) in [7, 11) is 0. The van der Waals surface area contributed by atoms with Gasteiger partial charge in [-0.1, -0.05) is 11.6 Å². The lowest BCUT2D eigenvalue weighted by Crippen LogP contribution is -2.12.